The molecule has 1 aromatic carbocycles. The Morgan fingerprint density at radius 2 is 2.05 bits per heavy atom. The third-order valence-corrected chi connectivity index (χ3v) is 4.50. The van der Waals surface area contributed by atoms with Crippen molar-refractivity contribution < 1.29 is 9.59 Å². The number of carbonyl (C=O) groups excluding carboxylic acids is 2. The van der Waals surface area contributed by atoms with Crippen LogP contribution in [0.5, 0.6) is 0 Å². The lowest BCUT2D eigenvalue weighted by molar-refractivity contribution is -0.126. The first kappa shape index (κ1) is 14.2. The van der Waals surface area contributed by atoms with E-state index in [4.69, 9.17) is 11.6 Å². The van der Waals surface area contributed by atoms with Crippen molar-refractivity contribution in [1.29, 1.82) is 0 Å². The number of benzene rings is 1. The average molecular weight is 308 g/mol. The number of fused-ring (bicyclic) bond motifs is 1. The molecule has 1 saturated carbocycles. The molecule has 6 heteroatoms. The topological polar surface area (TPSA) is 61.4 Å². The second-order valence-corrected chi connectivity index (χ2v) is 5.97. The van der Waals surface area contributed by atoms with Crippen LogP contribution >= 0.6 is 11.6 Å². The van der Waals surface area contributed by atoms with Gasteiger partial charge in [0.25, 0.3) is 0 Å². The number of anilines is 1. The van der Waals surface area contributed by atoms with Crippen molar-refractivity contribution in [2.45, 2.75) is 37.8 Å². The standard InChI is InChI=1S/C15H18ClN3O2/c16-10-5-1-2-6-11(10)18-15(21)19-9-14(20)17-12-7-3-4-8-13(12)19/h1-2,5-6,12-13H,3-4,7-9H2,(H,17,20)(H,18,21)/t12-,13-/m1/s1. The Morgan fingerprint density at radius 3 is 2.86 bits per heavy atom. The van der Waals surface area contributed by atoms with Gasteiger partial charge in [-0.25, -0.2) is 4.79 Å². The maximum Gasteiger partial charge on any atom is 0.322 e. The third-order valence-electron chi connectivity index (χ3n) is 4.17. The van der Waals surface area contributed by atoms with E-state index < -0.39 is 0 Å². The van der Waals surface area contributed by atoms with Crippen molar-refractivity contribution in [2.24, 2.45) is 0 Å². The van der Waals surface area contributed by atoms with Gasteiger partial charge < -0.3 is 15.5 Å². The number of carbonyl (C=O) groups is 2. The average Bonchev–Trinajstić information content (AvgIpc) is 2.48. The minimum absolute atomic E-state index is 0.0806. The minimum Gasteiger partial charge on any atom is -0.350 e. The first-order chi connectivity index (χ1) is 10.1. The molecule has 0 bridgehead atoms. The Labute approximate surface area is 128 Å². The number of rotatable bonds is 1. The van der Waals surface area contributed by atoms with Gasteiger partial charge in [0.1, 0.15) is 6.54 Å². The summed E-state index contributed by atoms with van der Waals surface area (Å²) < 4.78 is 0. The van der Waals surface area contributed by atoms with E-state index in [1.54, 1.807) is 17.0 Å². The van der Waals surface area contributed by atoms with Crippen molar-refractivity contribution in [3.8, 4) is 0 Å². The first-order valence-electron chi connectivity index (χ1n) is 7.26. The van der Waals surface area contributed by atoms with Crippen molar-refractivity contribution in [3.05, 3.63) is 29.3 Å². The molecule has 0 aromatic heterocycles. The van der Waals surface area contributed by atoms with Gasteiger partial charge in [0.2, 0.25) is 5.91 Å². The molecule has 0 unspecified atom stereocenters. The second kappa shape index (κ2) is 5.93. The molecule has 3 rings (SSSR count). The van der Waals surface area contributed by atoms with E-state index in [-0.39, 0.29) is 30.6 Å². The number of hydrogen-bond donors (Lipinski definition) is 2. The summed E-state index contributed by atoms with van der Waals surface area (Å²) in [4.78, 5) is 25.9. The van der Waals surface area contributed by atoms with Crippen LogP contribution in [-0.4, -0.2) is 35.5 Å². The van der Waals surface area contributed by atoms with Crippen molar-refractivity contribution in [2.75, 3.05) is 11.9 Å². The van der Waals surface area contributed by atoms with Crippen molar-refractivity contribution in [1.82, 2.24) is 10.2 Å². The van der Waals surface area contributed by atoms with Crippen molar-refractivity contribution in [3.63, 3.8) is 0 Å². The van der Waals surface area contributed by atoms with Crippen LogP contribution in [0.25, 0.3) is 0 Å². The fourth-order valence-corrected chi connectivity index (χ4v) is 3.33. The van der Waals surface area contributed by atoms with Crippen LogP contribution in [0, 0.1) is 0 Å². The predicted molar refractivity (Wildman–Crippen MR) is 81.4 cm³/mol. The zero-order valence-electron chi connectivity index (χ0n) is 11.6. The summed E-state index contributed by atoms with van der Waals surface area (Å²) in [5.74, 6) is -0.0903. The minimum atomic E-state index is -0.255. The van der Waals surface area contributed by atoms with E-state index in [1.165, 1.54) is 0 Å². The summed E-state index contributed by atoms with van der Waals surface area (Å²) in [5.41, 5.74) is 0.572. The van der Waals surface area contributed by atoms with Gasteiger partial charge in [0.05, 0.1) is 16.8 Å². The molecule has 2 N–H and O–H groups in total. The first-order valence-corrected chi connectivity index (χ1v) is 7.64. The van der Waals surface area contributed by atoms with E-state index in [2.05, 4.69) is 10.6 Å². The number of piperazine rings is 1. The van der Waals surface area contributed by atoms with Gasteiger partial charge in [-0.3, -0.25) is 4.79 Å². The van der Waals surface area contributed by atoms with Gasteiger partial charge in [0.15, 0.2) is 0 Å². The van der Waals surface area contributed by atoms with Crippen LogP contribution in [0.4, 0.5) is 10.5 Å². The Bertz CT molecular complexity index is 564. The van der Waals surface area contributed by atoms with Crippen LogP contribution in [0.3, 0.4) is 0 Å². The van der Waals surface area contributed by atoms with E-state index in [1.807, 2.05) is 12.1 Å². The predicted octanol–water partition coefficient (Wildman–Crippen LogP) is 2.61. The highest BCUT2D eigenvalue weighted by atomic mass is 35.5. The van der Waals surface area contributed by atoms with E-state index in [0.29, 0.717) is 10.7 Å². The molecule has 0 spiro atoms. The molecule has 1 aliphatic heterocycles. The molecule has 1 aliphatic carbocycles. The molecule has 112 valence electrons. The van der Waals surface area contributed by atoms with E-state index in [0.717, 1.165) is 25.7 Å². The van der Waals surface area contributed by atoms with Gasteiger partial charge in [-0.1, -0.05) is 36.6 Å². The lowest BCUT2D eigenvalue weighted by Crippen LogP contribution is -2.63. The van der Waals surface area contributed by atoms with Gasteiger partial charge in [0, 0.05) is 6.04 Å². The number of nitrogens with one attached hydrogen (secondary N) is 2. The summed E-state index contributed by atoms with van der Waals surface area (Å²) in [5, 5.41) is 6.29. The Kier molecular flexibility index (Phi) is 4.01. The van der Waals surface area contributed by atoms with E-state index >= 15 is 0 Å². The van der Waals surface area contributed by atoms with Crippen LogP contribution < -0.4 is 10.6 Å². The van der Waals surface area contributed by atoms with Crippen LogP contribution in [0.1, 0.15) is 25.7 Å². The largest absolute Gasteiger partial charge is 0.350 e. The third kappa shape index (κ3) is 2.97. The highest BCUT2D eigenvalue weighted by molar-refractivity contribution is 6.33. The van der Waals surface area contributed by atoms with E-state index in [9.17, 15) is 9.59 Å². The Balaban J connectivity index is 1.76. The monoisotopic (exact) mass is 307 g/mol. The number of nitrogens with zero attached hydrogens (tertiary/aromatic N) is 1. The molecule has 5 nitrogen and oxygen atoms in total. The van der Waals surface area contributed by atoms with Gasteiger partial charge in [-0.2, -0.15) is 0 Å². The van der Waals surface area contributed by atoms with Crippen LogP contribution in [0.15, 0.2) is 24.3 Å². The lowest BCUT2D eigenvalue weighted by atomic mass is 9.87. The van der Waals surface area contributed by atoms with Crippen LogP contribution in [0.2, 0.25) is 5.02 Å². The molecule has 0 radical (unpaired) electrons. The quantitative estimate of drug-likeness (QED) is 0.838. The summed E-state index contributed by atoms with van der Waals surface area (Å²) in [6.45, 7) is 0.109. The highest BCUT2D eigenvalue weighted by Gasteiger charge is 2.38. The molecule has 2 fully saturated rings. The van der Waals surface area contributed by atoms with Gasteiger partial charge in [-0.15, -0.1) is 0 Å². The maximum absolute atomic E-state index is 12.5. The molecular weight excluding hydrogens is 290 g/mol. The molecule has 21 heavy (non-hydrogen) atoms. The summed E-state index contributed by atoms with van der Waals surface area (Å²) >= 11 is 6.06. The molecule has 2 atom stereocenters. The zero-order chi connectivity index (χ0) is 14.8. The van der Waals surface area contributed by atoms with Gasteiger partial charge in [-0.05, 0) is 25.0 Å². The van der Waals surface area contributed by atoms with Crippen molar-refractivity contribution >= 4 is 29.2 Å². The number of halogens is 1. The fraction of sp³-hybridized carbons (Fsp3) is 0.467. The molecule has 3 amide bonds. The summed E-state index contributed by atoms with van der Waals surface area (Å²) in [6.07, 6.45) is 4.06. The normalized spacial score (nSPS) is 25.0. The highest BCUT2D eigenvalue weighted by Crippen LogP contribution is 2.27. The summed E-state index contributed by atoms with van der Waals surface area (Å²) in [6, 6.07) is 7.01. The molecule has 1 aromatic rings. The second-order valence-electron chi connectivity index (χ2n) is 5.56. The molecule has 1 saturated heterocycles. The number of amides is 3. The zero-order valence-corrected chi connectivity index (χ0v) is 12.4. The smallest absolute Gasteiger partial charge is 0.322 e. The number of hydrogen-bond acceptors (Lipinski definition) is 2. The van der Waals surface area contributed by atoms with Crippen LogP contribution in [-0.2, 0) is 4.79 Å². The Hall–Kier alpha value is -1.75. The van der Waals surface area contributed by atoms with Gasteiger partial charge >= 0.3 is 6.03 Å². The summed E-state index contributed by atoms with van der Waals surface area (Å²) in [7, 11) is 0. The Morgan fingerprint density at radius 1 is 1.29 bits per heavy atom. The lowest BCUT2D eigenvalue weighted by Gasteiger charge is -2.43. The SMILES string of the molecule is O=C1CN(C(=O)Nc2ccccc2Cl)[C@@H]2CCCC[C@H]2N1. The molecular formula is C15H18ClN3O2. The fourth-order valence-electron chi connectivity index (χ4n) is 3.15. The molecule has 1 heterocycles. The number of urea groups is 1. The molecule has 2 aliphatic rings. The maximum atomic E-state index is 12.5. The number of para-hydroxylation sites is 1.